The van der Waals surface area contributed by atoms with Gasteiger partial charge < -0.3 is 5.73 Å². The molecule has 5 nitrogen and oxygen atoms in total. The van der Waals surface area contributed by atoms with E-state index in [1.807, 2.05) is 6.07 Å². The normalized spacial score (nSPS) is 10.1. The molecule has 0 radical (unpaired) electrons. The Labute approximate surface area is 97.1 Å². The van der Waals surface area contributed by atoms with Crippen molar-refractivity contribution < 1.29 is 0 Å². The Morgan fingerprint density at radius 1 is 1.56 bits per heavy atom. The van der Waals surface area contributed by atoms with E-state index in [1.54, 1.807) is 19.2 Å². The largest absolute Gasteiger partial charge is 0.397 e. The summed E-state index contributed by atoms with van der Waals surface area (Å²) in [6, 6.07) is 3.57. The van der Waals surface area contributed by atoms with Crippen molar-refractivity contribution in [1.82, 2.24) is 14.8 Å². The maximum absolute atomic E-state index is 8.96. The SMILES string of the molecule is Cc1nn(-c2ncc(N)cc2C#N)cc1Cl. The quantitative estimate of drug-likeness (QED) is 0.813. The van der Waals surface area contributed by atoms with Crippen LogP contribution in [-0.4, -0.2) is 14.8 Å². The number of nitrogens with zero attached hydrogens (tertiary/aromatic N) is 4. The molecule has 0 aromatic carbocycles. The number of hydrogen-bond donors (Lipinski definition) is 1. The van der Waals surface area contributed by atoms with E-state index in [0.29, 0.717) is 27.8 Å². The minimum absolute atomic E-state index is 0.360. The van der Waals surface area contributed by atoms with Crippen LogP contribution in [0.15, 0.2) is 18.5 Å². The molecule has 0 aliphatic heterocycles. The third kappa shape index (κ3) is 1.71. The molecule has 2 N–H and O–H groups in total. The summed E-state index contributed by atoms with van der Waals surface area (Å²) in [6.45, 7) is 1.78. The number of rotatable bonds is 1. The fraction of sp³-hybridized carbons (Fsp3) is 0.100. The van der Waals surface area contributed by atoms with Crippen LogP contribution in [-0.2, 0) is 0 Å². The summed E-state index contributed by atoms with van der Waals surface area (Å²) in [5, 5.41) is 13.6. The van der Waals surface area contributed by atoms with E-state index in [1.165, 1.54) is 10.9 Å². The number of aryl methyl sites for hydroxylation is 1. The van der Waals surface area contributed by atoms with E-state index in [2.05, 4.69) is 10.1 Å². The van der Waals surface area contributed by atoms with Crippen LogP contribution >= 0.6 is 11.6 Å². The molecule has 0 saturated carbocycles. The van der Waals surface area contributed by atoms with Gasteiger partial charge in [-0.1, -0.05) is 11.6 Å². The van der Waals surface area contributed by atoms with E-state index in [0.717, 1.165) is 0 Å². The monoisotopic (exact) mass is 233 g/mol. The number of nitriles is 1. The predicted octanol–water partition coefficient (Wildman–Crippen LogP) is 1.68. The van der Waals surface area contributed by atoms with E-state index in [-0.39, 0.29) is 0 Å². The molecule has 6 heteroatoms. The molecule has 2 aromatic rings. The van der Waals surface area contributed by atoms with Crippen molar-refractivity contribution in [1.29, 1.82) is 5.26 Å². The third-order valence-corrected chi connectivity index (χ3v) is 2.44. The molecule has 0 aliphatic carbocycles. The predicted molar refractivity (Wildman–Crippen MR) is 60.2 cm³/mol. The van der Waals surface area contributed by atoms with Gasteiger partial charge >= 0.3 is 0 Å². The highest BCUT2D eigenvalue weighted by molar-refractivity contribution is 6.31. The Balaban J connectivity index is 2.60. The molecule has 0 atom stereocenters. The van der Waals surface area contributed by atoms with Crippen molar-refractivity contribution in [2.45, 2.75) is 6.92 Å². The Morgan fingerprint density at radius 3 is 2.88 bits per heavy atom. The molecule has 2 aromatic heterocycles. The fourth-order valence-electron chi connectivity index (χ4n) is 1.29. The molecule has 2 rings (SSSR count). The molecule has 0 amide bonds. The molecule has 0 unspecified atom stereocenters. The lowest BCUT2D eigenvalue weighted by Crippen LogP contribution is -2.02. The first kappa shape index (κ1) is 10.5. The minimum Gasteiger partial charge on any atom is -0.397 e. The van der Waals surface area contributed by atoms with Gasteiger partial charge in [0.05, 0.1) is 34.4 Å². The van der Waals surface area contributed by atoms with E-state index >= 15 is 0 Å². The highest BCUT2D eigenvalue weighted by atomic mass is 35.5. The maximum Gasteiger partial charge on any atom is 0.171 e. The van der Waals surface area contributed by atoms with Gasteiger partial charge in [-0.25, -0.2) is 9.67 Å². The summed E-state index contributed by atoms with van der Waals surface area (Å²) >= 11 is 5.89. The van der Waals surface area contributed by atoms with Gasteiger partial charge in [-0.3, -0.25) is 0 Å². The minimum atomic E-state index is 0.360. The topological polar surface area (TPSA) is 80.5 Å². The molecule has 0 aliphatic rings. The lowest BCUT2D eigenvalue weighted by Gasteiger charge is -2.02. The van der Waals surface area contributed by atoms with Crippen LogP contribution in [0.5, 0.6) is 0 Å². The molecule has 0 spiro atoms. The van der Waals surface area contributed by atoms with Crippen LogP contribution < -0.4 is 5.73 Å². The van der Waals surface area contributed by atoms with Gasteiger partial charge in [0, 0.05) is 0 Å². The standard InChI is InChI=1S/C10H8ClN5/c1-6-9(11)5-16(15-6)10-7(3-12)2-8(13)4-14-10/h2,4-5H,13H2,1H3. The van der Waals surface area contributed by atoms with Crippen molar-refractivity contribution in [3.63, 3.8) is 0 Å². The van der Waals surface area contributed by atoms with Gasteiger partial charge in [-0.05, 0) is 13.0 Å². The van der Waals surface area contributed by atoms with Gasteiger partial charge in [0.25, 0.3) is 0 Å². The smallest absolute Gasteiger partial charge is 0.171 e. The summed E-state index contributed by atoms with van der Waals surface area (Å²) < 4.78 is 1.47. The molecule has 80 valence electrons. The maximum atomic E-state index is 8.96. The highest BCUT2D eigenvalue weighted by Gasteiger charge is 2.10. The summed E-state index contributed by atoms with van der Waals surface area (Å²) in [6.07, 6.45) is 3.08. The van der Waals surface area contributed by atoms with Crippen LogP contribution in [0, 0.1) is 18.3 Å². The van der Waals surface area contributed by atoms with Gasteiger partial charge in [0.15, 0.2) is 5.82 Å². The van der Waals surface area contributed by atoms with Gasteiger partial charge in [-0.2, -0.15) is 10.4 Å². The van der Waals surface area contributed by atoms with E-state index < -0.39 is 0 Å². The second kappa shape index (κ2) is 3.83. The Morgan fingerprint density at radius 2 is 2.31 bits per heavy atom. The van der Waals surface area contributed by atoms with Crippen molar-refractivity contribution in [3.05, 3.63) is 34.7 Å². The Hall–Kier alpha value is -2.06. The zero-order valence-electron chi connectivity index (χ0n) is 8.48. The Bertz CT molecular complexity index is 562. The van der Waals surface area contributed by atoms with E-state index in [9.17, 15) is 0 Å². The van der Waals surface area contributed by atoms with Crippen molar-refractivity contribution in [3.8, 4) is 11.9 Å². The first-order valence-corrected chi connectivity index (χ1v) is 4.87. The number of nitrogen functional groups attached to an aromatic ring is 1. The second-order valence-electron chi connectivity index (χ2n) is 3.26. The van der Waals surface area contributed by atoms with Crippen LogP contribution in [0.3, 0.4) is 0 Å². The third-order valence-electron chi connectivity index (χ3n) is 2.06. The van der Waals surface area contributed by atoms with Gasteiger partial charge in [0.2, 0.25) is 0 Å². The molecule has 0 fully saturated rings. The molecular weight excluding hydrogens is 226 g/mol. The zero-order chi connectivity index (χ0) is 11.7. The lowest BCUT2D eigenvalue weighted by molar-refractivity contribution is 0.829. The Kier molecular flexibility index (Phi) is 2.50. The molecule has 0 bridgehead atoms. The van der Waals surface area contributed by atoms with Gasteiger partial charge in [0.1, 0.15) is 6.07 Å². The average molecular weight is 234 g/mol. The van der Waals surface area contributed by atoms with E-state index in [4.69, 9.17) is 22.6 Å². The average Bonchev–Trinajstić information content (AvgIpc) is 2.59. The first-order valence-electron chi connectivity index (χ1n) is 4.49. The molecule has 0 saturated heterocycles. The highest BCUT2D eigenvalue weighted by Crippen LogP contribution is 2.18. The number of anilines is 1. The molecule has 2 heterocycles. The molecule has 16 heavy (non-hydrogen) atoms. The summed E-state index contributed by atoms with van der Waals surface area (Å²) in [4.78, 5) is 4.07. The number of halogens is 1. The van der Waals surface area contributed by atoms with Crippen LogP contribution in [0.1, 0.15) is 11.3 Å². The lowest BCUT2D eigenvalue weighted by atomic mass is 10.2. The van der Waals surface area contributed by atoms with Crippen molar-refractivity contribution >= 4 is 17.3 Å². The zero-order valence-corrected chi connectivity index (χ0v) is 9.23. The molecular formula is C10H8ClN5. The van der Waals surface area contributed by atoms with Crippen molar-refractivity contribution in [2.24, 2.45) is 0 Å². The number of aromatic nitrogens is 3. The summed E-state index contributed by atoms with van der Waals surface area (Å²) in [5.74, 6) is 0.423. The second-order valence-corrected chi connectivity index (χ2v) is 3.67. The summed E-state index contributed by atoms with van der Waals surface area (Å²) in [7, 11) is 0. The fourth-order valence-corrected chi connectivity index (χ4v) is 1.42. The van der Waals surface area contributed by atoms with Crippen LogP contribution in [0.2, 0.25) is 5.02 Å². The number of pyridine rings is 1. The number of nitrogens with two attached hydrogens (primary N) is 1. The van der Waals surface area contributed by atoms with Crippen LogP contribution in [0.25, 0.3) is 5.82 Å². The van der Waals surface area contributed by atoms with Crippen LogP contribution in [0.4, 0.5) is 5.69 Å². The first-order chi connectivity index (χ1) is 7.61. The summed E-state index contributed by atoms with van der Waals surface area (Å²) in [5.41, 5.74) is 7.03. The van der Waals surface area contributed by atoms with Crippen molar-refractivity contribution in [2.75, 3.05) is 5.73 Å². The van der Waals surface area contributed by atoms with Gasteiger partial charge in [-0.15, -0.1) is 0 Å². The number of hydrogen-bond acceptors (Lipinski definition) is 4.